The Balaban J connectivity index is 2.72. The molecule has 1 heterocycles. The molecule has 1 aromatic heterocycles. The Morgan fingerprint density at radius 1 is 1.42 bits per heavy atom. The van der Waals surface area contributed by atoms with Crippen molar-refractivity contribution in [3.05, 3.63) is 15.9 Å². The van der Waals surface area contributed by atoms with E-state index in [9.17, 15) is 0 Å². The van der Waals surface area contributed by atoms with Crippen LogP contribution in [0.3, 0.4) is 0 Å². The fourth-order valence-corrected chi connectivity index (χ4v) is 2.46. The van der Waals surface area contributed by atoms with E-state index in [1.165, 1.54) is 5.69 Å². The molecule has 0 fully saturated rings. The van der Waals surface area contributed by atoms with Crippen LogP contribution in [0.1, 0.15) is 39.1 Å². The molecule has 1 atom stereocenters. The third-order valence-electron chi connectivity index (χ3n) is 2.91. The molecule has 19 heavy (non-hydrogen) atoms. The first kappa shape index (κ1) is 16.7. The minimum absolute atomic E-state index is 0.104. The van der Waals surface area contributed by atoms with Crippen molar-refractivity contribution in [1.82, 2.24) is 15.1 Å². The zero-order chi connectivity index (χ0) is 14.6. The van der Waals surface area contributed by atoms with Crippen molar-refractivity contribution in [3.8, 4) is 0 Å². The summed E-state index contributed by atoms with van der Waals surface area (Å²) in [5, 5.41) is 7.91. The molecule has 0 aliphatic rings. The first-order valence-corrected chi connectivity index (χ1v) is 7.59. The molecule has 0 aliphatic carbocycles. The monoisotopic (exact) mass is 331 g/mol. The molecule has 0 saturated carbocycles. The topological polar surface area (TPSA) is 39.1 Å². The quantitative estimate of drug-likeness (QED) is 0.871. The molecule has 1 aromatic rings. The average Bonchev–Trinajstić information content (AvgIpc) is 2.52. The Hall–Kier alpha value is -0.390. The van der Waals surface area contributed by atoms with Crippen LogP contribution in [0, 0.1) is 6.92 Å². The summed E-state index contributed by atoms with van der Waals surface area (Å²) in [6.45, 7) is 12.0. The maximum Gasteiger partial charge on any atom is 0.0738 e. The third-order valence-corrected chi connectivity index (χ3v) is 3.94. The Morgan fingerprint density at radius 3 is 2.47 bits per heavy atom. The summed E-state index contributed by atoms with van der Waals surface area (Å²) in [6, 6.07) is 0.301. The van der Waals surface area contributed by atoms with Gasteiger partial charge in [-0.3, -0.25) is 4.68 Å². The van der Waals surface area contributed by atoms with Gasteiger partial charge in [0.05, 0.1) is 28.1 Å². The van der Waals surface area contributed by atoms with Crippen molar-refractivity contribution in [2.45, 2.75) is 52.7 Å². The van der Waals surface area contributed by atoms with Gasteiger partial charge in [-0.05, 0) is 50.2 Å². The minimum Gasteiger partial charge on any atom is -0.374 e. The van der Waals surface area contributed by atoms with Gasteiger partial charge in [0.2, 0.25) is 0 Å². The lowest BCUT2D eigenvalue weighted by molar-refractivity contribution is -0.0143. The van der Waals surface area contributed by atoms with Crippen molar-refractivity contribution in [1.29, 1.82) is 0 Å². The molecule has 1 rings (SSSR count). The van der Waals surface area contributed by atoms with E-state index in [2.05, 4.69) is 54.0 Å². The lowest BCUT2D eigenvalue weighted by Gasteiger charge is -2.25. The van der Waals surface area contributed by atoms with E-state index in [1.54, 1.807) is 0 Å². The van der Waals surface area contributed by atoms with Gasteiger partial charge in [-0.25, -0.2) is 0 Å². The number of nitrogens with one attached hydrogen (secondary N) is 1. The molecular formula is C14H26BrN3O. The van der Waals surface area contributed by atoms with Crippen LogP contribution in [0.2, 0.25) is 0 Å². The van der Waals surface area contributed by atoms with Crippen molar-refractivity contribution in [3.63, 3.8) is 0 Å². The van der Waals surface area contributed by atoms with Crippen LogP contribution in [0.4, 0.5) is 0 Å². The van der Waals surface area contributed by atoms with Gasteiger partial charge < -0.3 is 10.1 Å². The molecule has 1 unspecified atom stereocenters. The zero-order valence-electron chi connectivity index (χ0n) is 12.9. The highest BCUT2D eigenvalue weighted by molar-refractivity contribution is 9.10. The summed E-state index contributed by atoms with van der Waals surface area (Å²) in [7, 11) is 1.99. The predicted octanol–water partition coefficient (Wildman–Crippen LogP) is 2.83. The predicted molar refractivity (Wildman–Crippen MR) is 82.5 cm³/mol. The van der Waals surface area contributed by atoms with Gasteiger partial charge in [0.1, 0.15) is 0 Å². The molecule has 0 aromatic carbocycles. The Kier molecular flexibility index (Phi) is 6.02. The largest absolute Gasteiger partial charge is 0.374 e. The summed E-state index contributed by atoms with van der Waals surface area (Å²) in [6.07, 6.45) is 0.905. The number of halogens is 1. The first-order chi connectivity index (χ1) is 8.74. The number of hydrogen-bond acceptors (Lipinski definition) is 3. The second-order valence-electron chi connectivity index (χ2n) is 5.85. The second kappa shape index (κ2) is 6.86. The summed E-state index contributed by atoms with van der Waals surface area (Å²) in [5.74, 6) is 0. The lowest BCUT2D eigenvalue weighted by atomic mass is 10.1. The average molecular weight is 332 g/mol. The van der Waals surface area contributed by atoms with Gasteiger partial charge in [0.15, 0.2) is 0 Å². The molecule has 1 N–H and O–H groups in total. The van der Waals surface area contributed by atoms with Gasteiger partial charge in [0, 0.05) is 19.5 Å². The minimum atomic E-state index is -0.104. The second-order valence-corrected chi connectivity index (χ2v) is 6.64. The van der Waals surface area contributed by atoms with E-state index in [0.29, 0.717) is 12.6 Å². The number of likely N-dealkylation sites (N-methyl/N-ethyl adjacent to an activating group) is 1. The van der Waals surface area contributed by atoms with Gasteiger partial charge in [-0.15, -0.1) is 0 Å². The molecule has 0 aliphatic heterocycles. The van der Waals surface area contributed by atoms with Crippen LogP contribution < -0.4 is 5.32 Å². The normalized spacial score (nSPS) is 13.8. The van der Waals surface area contributed by atoms with Gasteiger partial charge in [0.25, 0.3) is 0 Å². The third kappa shape index (κ3) is 5.24. The first-order valence-electron chi connectivity index (χ1n) is 6.80. The van der Waals surface area contributed by atoms with Crippen molar-refractivity contribution in [2.24, 2.45) is 7.05 Å². The SMILES string of the molecule is CCNC(COC(C)(C)C)Cc1c(Br)c(C)nn1C. The highest BCUT2D eigenvalue weighted by Gasteiger charge is 2.19. The summed E-state index contributed by atoms with van der Waals surface area (Å²) < 4.78 is 8.95. The maximum atomic E-state index is 5.90. The van der Waals surface area contributed by atoms with Gasteiger partial charge in [-0.1, -0.05) is 6.92 Å². The number of aryl methyl sites for hydroxylation is 2. The van der Waals surface area contributed by atoms with Crippen LogP contribution in [0.25, 0.3) is 0 Å². The van der Waals surface area contributed by atoms with Crippen LogP contribution >= 0.6 is 15.9 Å². The smallest absolute Gasteiger partial charge is 0.0738 e. The Labute approximate surface area is 125 Å². The van der Waals surface area contributed by atoms with E-state index in [-0.39, 0.29) is 5.60 Å². The van der Waals surface area contributed by atoms with Crippen LogP contribution in [-0.4, -0.2) is 34.6 Å². The van der Waals surface area contributed by atoms with Crippen molar-refractivity contribution < 1.29 is 4.74 Å². The van der Waals surface area contributed by atoms with Crippen molar-refractivity contribution >= 4 is 15.9 Å². The highest BCUT2D eigenvalue weighted by atomic mass is 79.9. The molecule has 110 valence electrons. The Morgan fingerprint density at radius 2 is 2.05 bits per heavy atom. The molecule has 0 bridgehead atoms. The van der Waals surface area contributed by atoms with E-state index in [0.717, 1.165) is 23.1 Å². The zero-order valence-corrected chi connectivity index (χ0v) is 14.5. The van der Waals surface area contributed by atoms with E-state index in [4.69, 9.17) is 4.74 Å². The summed E-state index contributed by atoms with van der Waals surface area (Å²) in [5.41, 5.74) is 2.14. The molecule has 0 spiro atoms. The molecular weight excluding hydrogens is 306 g/mol. The fraction of sp³-hybridized carbons (Fsp3) is 0.786. The van der Waals surface area contributed by atoms with E-state index >= 15 is 0 Å². The van der Waals surface area contributed by atoms with E-state index < -0.39 is 0 Å². The molecule has 5 heteroatoms. The van der Waals surface area contributed by atoms with Crippen molar-refractivity contribution in [2.75, 3.05) is 13.2 Å². The summed E-state index contributed by atoms with van der Waals surface area (Å²) in [4.78, 5) is 0. The van der Waals surface area contributed by atoms with Crippen LogP contribution in [-0.2, 0) is 18.2 Å². The molecule has 0 saturated heterocycles. The number of aromatic nitrogens is 2. The number of rotatable bonds is 6. The van der Waals surface area contributed by atoms with Crippen LogP contribution in [0.15, 0.2) is 4.47 Å². The molecule has 0 radical (unpaired) electrons. The maximum absolute atomic E-state index is 5.90. The lowest BCUT2D eigenvalue weighted by Crippen LogP contribution is -2.38. The van der Waals surface area contributed by atoms with Gasteiger partial charge in [-0.2, -0.15) is 5.10 Å². The molecule has 4 nitrogen and oxygen atoms in total. The number of nitrogens with zero attached hydrogens (tertiary/aromatic N) is 2. The summed E-state index contributed by atoms with van der Waals surface area (Å²) >= 11 is 3.62. The number of ether oxygens (including phenoxy) is 1. The fourth-order valence-electron chi connectivity index (χ4n) is 1.96. The standard InChI is InChI=1S/C14H26BrN3O/c1-7-16-11(9-19-14(3,4)5)8-12-13(15)10(2)17-18(12)6/h11,16H,7-9H2,1-6H3. The Bertz CT molecular complexity index is 410. The highest BCUT2D eigenvalue weighted by Crippen LogP contribution is 2.22. The number of hydrogen-bond donors (Lipinski definition) is 1. The van der Waals surface area contributed by atoms with Crippen LogP contribution in [0.5, 0.6) is 0 Å². The van der Waals surface area contributed by atoms with E-state index in [1.807, 2.05) is 18.7 Å². The van der Waals surface area contributed by atoms with Gasteiger partial charge >= 0.3 is 0 Å². The molecule has 0 amide bonds.